The van der Waals surface area contributed by atoms with Crippen LogP contribution in [0.2, 0.25) is 0 Å². The van der Waals surface area contributed by atoms with Crippen LogP contribution in [0.5, 0.6) is 0 Å². The van der Waals surface area contributed by atoms with Crippen molar-refractivity contribution in [2.75, 3.05) is 0 Å². The van der Waals surface area contributed by atoms with Gasteiger partial charge in [0.1, 0.15) is 5.82 Å². The summed E-state index contributed by atoms with van der Waals surface area (Å²) >= 11 is 8.21. The zero-order valence-corrected chi connectivity index (χ0v) is 14.1. The van der Waals surface area contributed by atoms with Crippen molar-refractivity contribution in [3.05, 3.63) is 55.4 Å². The molecule has 1 unspecified atom stereocenters. The predicted molar refractivity (Wildman–Crippen MR) is 78.9 cm³/mol. The second kappa shape index (κ2) is 5.77. The number of rotatable bonds is 2. The van der Waals surface area contributed by atoms with Crippen LogP contribution in [0.1, 0.15) is 25.7 Å². The Balaban J connectivity index is 2.46. The molecule has 0 aliphatic carbocycles. The van der Waals surface area contributed by atoms with E-state index in [1.165, 1.54) is 17.4 Å². The molecule has 0 spiro atoms. The molecule has 0 fully saturated rings. The van der Waals surface area contributed by atoms with Crippen LogP contribution in [0.25, 0.3) is 0 Å². The van der Waals surface area contributed by atoms with Crippen LogP contribution in [0.3, 0.4) is 0 Å². The van der Waals surface area contributed by atoms with E-state index in [1.807, 2.05) is 13.0 Å². The molecule has 20 heavy (non-hydrogen) atoms. The van der Waals surface area contributed by atoms with Crippen molar-refractivity contribution in [3.63, 3.8) is 0 Å². The first-order valence-electron chi connectivity index (χ1n) is 5.46. The van der Waals surface area contributed by atoms with E-state index in [-0.39, 0.29) is 0 Å². The lowest BCUT2D eigenvalue weighted by Crippen LogP contribution is -2.09. The molecule has 0 radical (unpaired) electrons. The van der Waals surface area contributed by atoms with Gasteiger partial charge >= 0.3 is 6.18 Å². The lowest BCUT2D eigenvalue weighted by molar-refractivity contribution is -0.140. The number of hydrogen-bond acceptors (Lipinski definition) is 1. The highest BCUT2D eigenvalue weighted by Crippen LogP contribution is 2.42. The monoisotopic (exact) mass is 430 g/mol. The molecule has 0 saturated heterocycles. The first-order chi connectivity index (χ1) is 9.20. The summed E-state index contributed by atoms with van der Waals surface area (Å²) in [5.41, 5.74) is -0.884. The van der Waals surface area contributed by atoms with E-state index < -0.39 is 22.4 Å². The third kappa shape index (κ3) is 3.26. The molecule has 1 heterocycles. The Labute approximate surface area is 134 Å². The molecule has 0 aliphatic rings. The van der Waals surface area contributed by atoms with Crippen LogP contribution >= 0.6 is 43.2 Å². The van der Waals surface area contributed by atoms with Crippen molar-refractivity contribution in [2.45, 2.75) is 17.9 Å². The van der Waals surface area contributed by atoms with Crippen LogP contribution in [-0.2, 0) is 6.18 Å². The number of halogens is 6. The van der Waals surface area contributed by atoms with Gasteiger partial charge in [0, 0.05) is 14.2 Å². The van der Waals surface area contributed by atoms with E-state index in [0.717, 1.165) is 26.4 Å². The summed E-state index contributed by atoms with van der Waals surface area (Å²) in [6.45, 7) is 1.91. The predicted octanol–water partition coefficient (Wildman–Crippen LogP) is 6.46. The minimum atomic E-state index is -4.70. The summed E-state index contributed by atoms with van der Waals surface area (Å²) < 4.78 is 52.2. The van der Waals surface area contributed by atoms with Gasteiger partial charge < -0.3 is 0 Å². The number of thiophene rings is 1. The van der Waals surface area contributed by atoms with E-state index >= 15 is 0 Å². The average Bonchev–Trinajstić information content (AvgIpc) is 2.66. The van der Waals surface area contributed by atoms with Crippen LogP contribution < -0.4 is 0 Å². The lowest BCUT2D eigenvalue weighted by Gasteiger charge is -2.13. The van der Waals surface area contributed by atoms with Crippen LogP contribution in [0.15, 0.2) is 28.7 Å². The summed E-state index contributed by atoms with van der Waals surface area (Å²) in [6.07, 6.45) is -4.70. The zero-order valence-electron chi connectivity index (χ0n) is 10.1. The van der Waals surface area contributed by atoms with Gasteiger partial charge in [0.25, 0.3) is 0 Å². The molecule has 1 aromatic heterocycles. The average molecular weight is 432 g/mol. The van der Waals surface area contributed by atoms with E-state index in [9.17, 15) is 17.6 Å². The summed E-state index contributed by atoms with van der Waals surface area (Å²) in [5, 5.41) is 0. The fraction of sp³-hybridized carbons (Fsp3) is 0.231. The van der Waals surface area contributed by atoms with Gasteiger partial charge in [-0.05, 0) is 46.6 Å². The second-order valence-corrected chi connectivity index (χ2v) is 7.23. The highest BCUT2D eigenvalue weighted by atomic mass is 79.9. The van der Waals surface area contributed by atoms with E-state index in [0.29, 0.717) is 5.56 Å². The van der Waals surface area contributed by atoms with Crippen LogP contribution in [-0.4, -0.2) is 0 Å². The molecule has 108 valence electrons. The molecule has 1 aromatic carbocycles. The van der Waals surface area contributed by atoms with Crippen molar-refractivity contribution in [1.29, 1.82) is 0 Å². The number of benzene rings is 1. The second-order valence-electron chi connectivity index (χ2n) is 4.17. The van der Waals surface area contributed by atoms with Crippen molar-refractivity contribution in [2.24, 2.45) is 0 Å². The number of hydrogen-bond donors (Lipinski definition) is 0. The molecule has 0 saturated carbocycles. The molecule has 7 heteroatoms. The SMILES string of the molecule is Cc1cc(Br)c(C(Br)c2ccc(F)c(C(F)(F)F)c2)s1. The number of aryl methyl sites for hydroxylation is 1. The van der Waals surface area contributed by atoms with Gasteiger partial charge in [-0.15, -0.1) is 11.3 Å². The molecular formula is C13H8Br2F4S. The first kappa shape index (κ1) is 16.0. The smallest absolute Gasteiger partial charge is 0.206 e. The Morgan fingerprint density at radius 2 is 1.85 bits per heavy atom. The quantitative estimate of drug-likeness (QED) is 0.378. The molecule has 2 rings (SSSR count). The van der Waals surface area contributed by atoms with E-state index in [2.05, 4.69) is 31.9 Å². The Hall–Kier alpha value is -0.400. The minimum Gasteiger partial charge on any atom is -0.206 e. The van der Waals surface area contributed by atoms with Gasteiger partial charge in [-0.2, -0.15) is 13.2 Å². The highest BCUT2D eigenvalue weighted by molar-refractivity contribution is 9.11. The Bertz CT molecular complexity index is 634. The minimum absolute atomic E-state index is 0.362. The molecule has 0 nitrogen and oxygen atoms in total. The fourth-order valence-electron chi connectivity index (χ4n) is 1.74. The third-order valence-electron chi connectivity index (χ3n) is 2.65. The Morgan fingerprint density at radius 1 is 1.20 bits per heavy atom. The summed E-state index contributed by atoms with van der Waals surface area (Å²) in [5.74, 6) is -1.26. The topological polar surface area (TPSA) is 0 Å². The lowest BCUT2D eigenvalue weighted by atomic mass is 10.1. The van der Waals surface area contributed by atoms with Gasteiger partial charge in [0.15, 0.2) is 0 Å². The highest BCUT2D eigenvalue weighted by Gasteiger charge is 2.34. The van der Waals surface area contributed by atoms with E-state index in [1.54, 1.807) is 0 Å². The van der Waals surface area contributed by atoms with Crippen molar-refractivity contribution in [1.82, 2.24) is 0 Å². The number of alkyl halides is 4. The Morgan fingerprint density at radius 3 is 2.35 bits per heavy atom. The maximum absolute atomic E-state index is 13.3. The zero-order chi connectivity index (χ0) is 15.1. The summed E-state index contributed by atoms with van der Waals surface area (Å²) in [4.78, 5) is 1.47. The normalized spacial score (nSPS) is 13.6. The molecule has 0 N–H and O–H groups in total. The largest absolute Gasteiger partial charge is 0.419 e. The van der Waals surface area contributed by atoms with E-state index in [4.69, 9.17) is 0 Å². The molecule has 0 bridgehead atoms. The maximum atomic E-state index is 13.3. The molecule has 0 aliphatic heterocycles. The van der Waals surface area contributed by atoms with Gasteiger partial charge in [-0.3, -0.25) is 0 Å². The van der Waals surface area contributed by atoms with Crippen molar-refractivity contribution >= 4 is 43.2 Å². The molecule has 2 aromatic rings. The Kier molecular flexibility index (Phi) is 4.61. The van der Waals surface area contributed by atoms with Crippen molar-refractivity contribution in [3.8, 4) is 0 Å². The van der Waals surface area contributed by atoms with Crippen LogP contribution in [0.4, 0.5) is 17.6 Å². The van der Waals surface area contributed by atoms with Gasteiger partial charge in [-0.25, -0.2) is 4.39 Å². The summed E-state index contributed by atoms with van der Waals surface area (Å²) in [6, 6.07) is 4.94. The summed E-state index contributed by atoms with van der Waals surface area (Å²) in [7, 11) is 0. The molecule has 1 atom stereocenters. The molecular weight excluding hydrogens is 424 g/mol. The fourth-order valence-corrected chi connectivity index (χ4v) is 4.75. The van der Waals surface area contributed by atoms with Gasteiger partial charge in [0.05, 0.1) is 10.4 Å². The third-order valence-corrected chi connectivity index (χ3v) is 5.98. The van der Waals surface area contributed by atoms with Gasteiger partial charge in [0.2, 0.25) is 0 Å². The molecule has 0 amide bonds. The van der Waals surface area contributed by atoms with Crippen LogP contribution in [0, 0.1) is 12.7 Å². The van der Waals surface area contributed by atoms with Gasteiger partial charge in [-0.1, -0.05) is 22.0 Å². The standard InChI is InChI=1S/C13H8Br2F4S/c1-6-4-9(14)12(20-6)11(15)7-2-3-10(16)8(5-7)13(17,18)19/h2-5,11H,1H3. The maximum Gasteiger partial charge on any atom is 0.419 e. The van der Waals surface area contributed by atoms with Crippen molar-refractivity contribution < 1.29 is 17.6 Å². The first-order valence-corrected chi connectivity index (χ1v) is 7.99.